The highest BCUT2D eigenvalue weighted by Gasteiger charge is 2.23. The monoisotopic (exact) mass is 230 g/mol. The Kier molecular flexibility index (Phi) is 4.24. The van der Waals surface area contributed by atoms with Gasteiger partial charge in [-0.05, 0) is 12.8 Å². The number of aliphatic hydroxyl groups is 1. The van der Waals surface area contributed by atoms with Gasteiger partial charge in [0.05, 0.1) is 5.60 Å². The summed E-state index contributed by atoms with van der Waals surface area (Å²) in [6.45, 7) is 3.70. The number of hydrogen-bond acceptors (Lipinski definition) is 2. The molecule has 0 saturated heterocycles. The largest absolute Gasteiger partial charge is 0.490 e. The molecule has 1 aromatic carbocycles. The van der Waals surface area contributed by atoms with Crippen LogP contribution in [0.1, 0.15) is 26.7 Å². The van der Waals surface area contributed by atoms with Crippen molar-refractivity contribution >= 4 is 0 Å². The molecule has 0 radical (unpaired) electrons. The van der Waals surface area contributed by atoms with E-state index in [2.05, 4.69) is 0 Å². The van der Waals surface area contributed by atoms with E-state index in [1.807, 2.05) is 13.8 Å². The van der Waals surface area contributed by atoms with E-state index < -0.39 is 17.2 Å². The van der Waals surface area contributed by atoms with Crippen molar-refractivity contribution in [2.75, 3.05) is 6.61 Å². The van der Waals surface area contributed by atoms with Gasteiger partial charge in [0.1, 0.15) is 24.0 Å². The van der Waals surface area contributed by atoms with Gasteiger partial charge >= 0.3 is 0 Å². The highest BCUT2D eigenvalue weighted by atomic mass is 19.1. The van der Waals surface area contributed by atoms with Crippen molar-refractivity contribution in [3.8, 4) is 5.75 Å². The van der Waals surface area contributed by atoms with Crippen LogP contribution in [0.5, 0.6) is 5.75 Å². The first-order chi connectivity index (χ1) is 7.49. The van der Waals surface area contributed by atoms with Gasteiger partial charge in [0, 0.05) is 18.2 Å². The molecule has 90 valence electrons. The number of benzene rings is 1. The molecule has 1 aromatic rings. The summed E-state index contributed by atoms with van der Waals surface area (Å²) in [5.41, 5.74) is -0.942. The molecular weight excluding hydrogens is 214 g/mol. The Morgan fingerprint density at radius 3 is 2.06 bits per heavy atom. The molecule has 16 heavy (non-hydrogen) atoms. The quantitative estimate of drug-likeness (QED) is 0.842. The van der Waals surface area contributed by atoms with Gasteiger partial charge in [-0.3, -0.25) is 0 Å². The maximum Gasteiger partial charge on any atom is 0.129 e. The molecule has 0 unspecified atom stereocenters. The standard InChI is InChI=1S/C12H16F2O2/c1-3-12(15,4-2)8-16-11-6-9(13)5-10(14)7-11/h5-7,15H,3-4,8H2,1-2H3. The van der Waals surface area contributed by atoms with Crippen molar-refractivity contribution in [1.29, 1.82) is 0 Å². The average Bonchev–Trinajstić information content (AvgIpc) is 2.25. The van der Waals surface area contributed by atoms with Gasteiger partial charge in [-0.15, -0.1) is 0 Å². The van der Waals surface area contributed by atoms with Gasteiger partial charge in [0.2, 0.25) is 0 Å². The van der Waals surface area contributed by atoms with Crippen LogP contribution in [0.15, 0.2) is 18.2 Å². The zero-order chi connectivity index (χ0) is 12.2. The fourth-order valence-corrected chi connectivity index (χ4v) is 1.28. The van der Waals surface area contributed by atoms with Crippen LogP contribution in [0.2, 0.25) is 0 Å². The summed E-state index contributed by atoms with van der Waals surface area (Å²) in [6, 6.07) is 2.96. The molecule has 0 aliphatic carbocycles. The highest BCUT2D eigenvalue weighted by Crippen LogP contribution is 2.20. The Hall–Kier alpha value is -1.16. The van der Waals surface area contributed by atoms with Gasteiger partial charge in [-0.2, -0.15) is 0 Å². The summed E-state index contributed by atoms with van der Waals surface area (Å²) in [5.74, 6) is -1.28. The molecule has 0 aromatic heterocycles. The lowest BCUT2D eigenvalue weighted by molar-refractivity contribution is -0.0115. The summed E-state index contributed by atoms with van der Waals surface area (Å²) >= 11 is 0. The van der Waals surface area contributed by atoms with E-state index in [1.165, 1.54) is 0 Å². The lowest BCUT2D eigenvalue weighted by Gasteiger charge is -2.25. The zero-order valence-corrected chi connectivity index (χ0v) is 9.46. The SMILES string of the molecule is CCC(O)(CC)COc1cc(F)cc(F)c1. The first-order valence-electron chi connectivity index (χ1n) is 5.30. The third kappa shape index (κ3) is 3.45. The second-order valence-corrected chi connectivity index (χ2v) is 3.83. The Balaban J connectivity index is 2.67. The van der Waals surface area contributed by atoms with E-state index in [4.69, 9.17) is 4.74 Å². The fraction of sp³-hybridized carbons (Fsp3) is 0.500. The molecule has 0 amide bonds. The second-order valence-electron chi connectivity index (χ2n) is 3.83. The van der Waals surface area contributed by atoms with Crippen LogP contribution in [0.4, 0.5) is 8.78 Å². The Labute approximate surface area is 93.9 Å². The van der Waals surface area contributed by atoms with E-state index in [-0.39, 0.29) is 12.4 Å². The minimum Gasteiger partial charge on any atom is -0.490 e. The van der Waals surface area contributed by atoms with Gasteiger partial charge in [0.15, 0.2) is 0 Å². The third-order valence-corrected chi connectivity index (χ3v) is 2.66. The molecule has 0 aliphatic rings. The molecule has 0 aliphatic heterocycles. The van der Waals surface area contributed by atoms with Crippen LogP contribution in [-0.4, -0.2) is 17.3 Å². The molecule has 2 nitrogen and oxygen atoms in total. The first kappa shape index (κ1) is 12.9. The summed E-state index contributed by atoms with van der Waals surface area (Å²) < 4.78 is 30.8. The summed E-state index contributed by atoms with van der Waals surface area (Å²) in [7, 11) is 0. The van der Waals surface area contributed by atoms with Crippen LogP contribution in [-0.2, 0) is 0 Å². The predicted molar refractivity (Wildman–Crippen MR) is 57.4 cm³/mol. The average molecular weight is 230 g/mol. The minimum absolute atomic E-state index is 0.0306. The molecule has 0 atom stereocenters. The first-order valence-corrected chi connectivity index (χ1v) is 5.30. The zero-order valence-electron chi connectivity index (χ0n) is 9.46. The lowest BCUT2D eigenvalue weighted by atomic mass is 9.99. The van der Waals surface area contributed by atoms with E-state index in [0.717, 1.165) is 18.2 Å². The lowest BCUT2D eigenvalue weighted by Crippen LogP contribution is -2.34. The van der Waals surface area contributed by atoms with E-state index in [9.17, 15) is 13.9 Å². The fourth-order valence-electron chi connectivity index (χ4n) is 1.28. The third-order valence-electron chi connectivity index (χ3n) is 2.66. The second kappa shape index (κ2) is 5.25. The van der Waals surface area contributed by atoms with Crippen LogP contribution in [0.25, 0.3) is 0 Å². The molecule has 1 rings (SSSR count). The smallest absolute Gasteiger partial charge is 0.129 e. The van der Waals surface area contributed by atoms with Crippen molar-refractivity contribution in [2.45, 2.75) is 32.3 Å². The molecule has 0 saturated carbocycles. The van der Waals surface area contributed by atoms with Gasteiger partial charge in [-0.25, -0.2) is 8.78 Å². The van der Waals surface area contributed by atoms with Crippen LogP contribution < -0.4 is 4.74 Å². The number of ether oxygens (including phenoxy) is 1. The van der Waals surface area contributed by atoms with E-state index in [1.54, 1.807) is 0 Å². The van der Waals surface area contributed by atoms with Crippen LogP contribution >= 0.6 is 0 Å². The summed E-state index contributed by atoms with van der Waals surface area (Å²) in [5, 5.41) is 9.92. The topological polar surface area (TPSA) is 29.5 Å². The van der Waals surface area contributed by atoms with E-state index in [0.29, 0.717) is 12.8 Å². The maximum absolute atomic E-state index is 12.8. The van der Waals surface area contributed by atoms with Crippen molar-refractivity contribution in [3.05, 3.63) is 29.8 Å². The number of halogens is 2. The van der Waals surface area contributed by atoms with Gasteiger partial charge in [-0.1, -0.05) is 13.8 Å². The maximum atomic E-state index is 12.8. The highest BCUT2D eigenvalue weighted by molar-refractivity contribution is 5.23. The molecule has 4 heteroatoms. The molecule has 0 heterocycles. The van der Waals surface area contributed by atoms with Crippen LogP contribution in [0.3, 0.4) is 0 Å². The Morgan fingerprint density at radius 1 is 1.12 bits per heavy atom. The molecular formula is C12H16F2O2. The minimum atomic E-state index is -0.942. The summed E-state index contributed by atoms with van der Waals surface area (Å²) in [6.07, 6.45) is 1.06. The molecule has 1 N–H and O–H groups in total. The Bertz CT molecular complexity index is 329. The van der Waals surface area contributed by atoms with Gasteiger partial charge < -0.3 is 9.84 Å². The molecule has 0 bridgehead atoms. The van der Waals surface area contributed by atoms with E-state index >= 15 is 0 Å². The molecule has 0 spiro atoms. The Morgan fingerprint density at radius 2 is 1.62 bits per heavy atom. The number of hydrogen-bond donors (Lipinski definition) is 1. The predicted octanol–water partition coefficient (Wildman–Crippen LogP) is 2.89. The van der Waals surface area contributed by atoms with Crippen molar-refractivity contribution < 1.29 is 18.6 Å². The molecule has 0 fully saturated rings. The number of rotatable bonds is 5. The van der Waals surface area contributed by atoms with Crippen LogP contribution in [0, 0.1) is 11.6 Å². The normalized spacial score (nSPS) is 11.6. The van der Waals surface area contributed by atoms with Crippen molar-refractivity contribution in [1.82, 2.24) is 0 Å². The van der Waals surface area contributed by atoms with Crippen molar-refractivity contribution in [2.24, 2.45) is 0 Å². The van der Waals surface area contributed by atoms with Crippen molar-refractivity contribution in [3.63, 3.8) is 0 Å². The summed E-state index contributed by atoms with van der Waals surface area (Å²) in [4.78, 5) is 0. The van der Waals surface area contributed by atoms with Gasteiger partial charge in [0.25, 0.3) is 0 Å².